The lowest BCUT2D eigenvalue weighted by Crippen LogP contribution is -1.95. The van der Waals surface area contributed by atoms with Crippen molar-refractivity contribution in [2.75, 3.05) is 0 Å². The van der Waals surface area contributed by atoms with E-state index in [1.165, 1.54) is 42.8 Å². The Labute approximate surface area is 280 Å². The lowest BCUT2D eigenvalue weighted by Gasteiger charge is -2.10. The highest BCUT2D eigenvalue weighted by Gasteiger charge is 2.16. The molecule has 0 aliphatic rings. The third kappa shape index (κ3) is 4.57. The summed E-state index contributed by atoms with van der Waals surface area (Å²) < 4.78 is 7.55. The van der Waals surface area contributed by atoms with E-state index in [1.54, 1.807) is 11.3 Å². The normalized spacial score (nSPS) is 11.8. The van der Waals surface area contributed by atoms with Crippen LogP contribution in [0.5, 0.6) is 0 Å². The van der Waals surface area contributed by atoms with Gasteiger partial charge in [-0.25, -0.2) is 9.97 Å². The third-order valence-electron chi connectivity index (χ3n) is 9.24. The summed E-state index contributed by atoms with van der Waals surface area (Å²) in [6.07, 6.45) is 0. The van der Waals surface area contributed by atoms with Crippen LogP contribution in [0.25, 0.3) is 97.9 Å². The Balaban J connectivity index is 1.14. The molecule has 0 bridgehead atoms. The van der Waals surface area contributed by atoms with Crippen LogP contribution in [0, 0.1) is 0 Å². The number of hydrogen-bond acceptors (Lipinski definition) is 4. The van der Waals surface area contributed by atoms with Gasteiger partial charge in [0, 0.05) is 26.6 Å². The number of aromatic nitrogens is 2. The summed E-state index contributed by atoms with van der Waals surface area (Å²) in [6.45, 7) is 0. The minimum absolute atomic E-state index is 0.691. The highest BCUT2D eigenvalue weighted by atomic mass is 32.1. The molecule has 7 aromatic carbocycles. The second-order valence-corrected chi connectivity index (χ2v) is 13.3. The molecule has 224 valence electrons. The van der Waals surface area contributed by atoms with Gasteiger partial charge in [0.15, 0.2) is 5.82 Å². The Hall–Kier alpha value is -6.10. The van der Waals surface area contributed by atoms with Crippen molar-refractivity contribution in [1.29, 1.82) is 0 Å². The van der Waals surface area contributed by atoms with E-state index in [9.17, 15) is 0 Å². The van der Waals surface area contributed by atoms with Crippen molar-refractivity contribution < 1.29 is 4.42 Å². The molecule has 0 saturated carbocycles. The molecule has 0 spiro atoms. The van der Waals surface area contributed by atoms with E-state index in [1.807, 2.05) is 6.07 Å². The third-order valence-corrected chi connectivity index (χ3v) is 10.4. The zero-order valence-electron chi connectivity index (χ0n) is 25.7. The molecule has 10 rings (SSSR count). The van der Waals surface area contributed by atoms with Crippen molar-refractivity contribution in [3.63, 3.8) is 0 Å². The van der Waals surface area contributed by atoms with E-state index in [2.05, 4.69) is 152 Å². The van der Waals surface area contributed by atoms with Crippen molar-refractivity contribution in [2.45, 2.75) is 0 Å². The van der Waals surface area contributed by atoms with Crippen LogP contribution in [-0.2, 0) is 0 Å². The molecule has 0 aliphatic carbocycles. The summed E-state index contributed by atoms with van der Waals surface area (Å²) in [5.41, 5.74) is 7.99. The van der Waals surface area contributed by atoms with Gasteiger partial charge in [0.25, 0.3) is 0 Å². The van der Waals surface area contributed by atoms with E-state index in [-0.39, 0.29) is 0 Å². The first-order valence-electron chi connectivity index (χ1n) is 16.0. The van der Waals surface area contributed by atoms with Crippen LogP contribution in [0.15, 0.2) is 162 Å². The molecule has 48 heavy (non-hydrogen) atoms. The quantitative estimate of drug-likeness (QED) is 0.194. The molecular formula is C44H26N2OS. The fourth-order valence-corrected chi connectivity index (χ4v) is 7.80. The minimum Gasteiger partial charge on any atom is -0.456 e. The number of fused-ring (bicyclic) bond motifs is 6. The van der Waals surface area contributed by atoms with Gasteiger partial charge < -0.3 is 4.42 Å². The second-order valence-electron chi connectivity index (χ2n) is 12.3. The summed E-state index contributed by atoms with van der Waals surface area (Å²) >= 11 is 1.76. The number of thiophene rings is 1. The van der Waals surface area contributed by atoms with Crippen LogP contribution >= 0.6 is 11.3 Å². The summed E-state index contributed by atoms with van der Waals surface area (Å²) in [6, 6.07) is 55.7. The van der Waals surface area contributed by atoms with Crippen LogP contribution in [0.3, 0.4) is 0 Å². The van der Waals surface area contributed by atoms with Crippen LogP contribution in [0.1, 0.15) is 0 Å². The average Bonchev–Trinajstić information content (AvgIpc) is 3.75. The lowest BCUT2D eigenvalue weighted by molar-refractivity contribution is 0.669. The molecule has 0 atom stereocenters. The minimum atomic E-state index is 0.691. The fraction of sp³-hybridized carbons (Fsp3) is 0. The van der Waals surface area contributed by atoms with Gasteiger partial charge in [-0.3, -0.25) is 0 Å². The maximum Gasteiger partial charge on any atom is 0.160 e. The Bertz CT molecular complexity index is 2810. The smallest absolute Gasteiger partial charge is 0.160 e. The number of nitrogens with zero attached hydrogens (tertiary/aromatic N) is 2. The van der Waals surface area contributed by atoms with Gasteiger partial charge in [-0.2, -0.15) is 0 Å². The van der Waals surface area contributed by atoms with E-state index in [0.717, 1.165) is 49.3 Å². The van der Waals surface area contributed by atoms with E-state index in [0.29, 0.717) is 5.82 Å². The molecular weight excluding hydrogens is 605 g/mol. The predicted molar refractivity (Wildman–Crippen MR) is 201 cm³/mol. The highest BCUT2D eigenvalue weighted by Crippen LogP contribution is 2.38. The molecule has 3 aromatic heterocycles. The number of furan rings is 1. The van der Waals surface area contributed by atoms with Gasteiger partial charge in [-0.05, 0) is 98.7 Å². The predicted octanol–water partition coefficient (Wildman–Crippen LogP) is 12.6. The molecule has 3 nitrogen and oxygen atoms in total. The van der Waals surface area contributed by atoms with Crippen LogP contribution in [0.4, 0.5) is 0 Å². The molecule has 4 heteroatoms. The van der Waals surface area contributed by atoms with Gasteiger partial charge in [0.1, 0.15) is 11.2 Å². The zero-order chi connectivity index (χ0) is 31.6. The second kappa shape index (κ2) is 10.7. The van der Waals surface area contributed by atoms with Crippen molar-refractivity contribution in [3.8, 4) is 44.3 Å². The fourth-order valence-electron chi connectivity index (χ4n) is 6.78. The summed E-state index contributed by atoms with van der Waals surface area (Å²) in [5, 5.41) is 8.10. The molecule has 0 saturated heterocycles. The molecule has 10 aromatic rings. The SMILES string of the molecule is c1ccc(-c2ccc3cc(-c4cc(-c5cc6ccccc6s5)nc(-c5ccc6oc7cc8ccccc8cc7c6c5)n4)ccc3c2)cc1. The van der Waals surface area contributed by atoms with Crippen molar-refractivity contribution in [2.24, 2.45) is 0 Å². The number of benzene rings is 7. The topological polar surface area (TPSA) is 38.9 Å². The van der Waals surface area contributed by atoms with Gasteiger partial charge in [0.05, 0.1) is 16.3 Å². The average molecular weight is 631 g/mol. The number of hydrogen-bond donors (Lipinski definition) is 0. The maximum absolute atomic E-state index is 6.31. The lowest BCUT2D eigenvalue weighted by atomic mass is 9.99. The maximum atomic E-state index is 6.31. The van der Waals surface area contributed by atoms with Gasteiger partial charge in [0.2, 0.25) is 0 Å². The molecule has 0 aliphatic heterocycles. The van der Waals surface area contributed by atoms with E-state index >= 15 is 0 Å². The largest absolute Gasteiger partial charge is 0.456 e. The summed E-state index contributed by atoms with van der Waals surface area (Å²) in [5.74, 6) is 0.691. The zero-order valence-corrected chi connectivity index (χ0v) is 26.5. The van der Waals surface area contributed by atoms with Gasteiger partial charge >= 0.3 is 0 Å². The van der Waals surface area contributed by atoms with Crippen LogP contribution < -0.4 is 0 Å². The number of rotatable bonds is 4. The standard InChI is InChI=1S/C44H26N2OS/c1-2-8-27(9-3-1)30-14-15-32-21-33(17-16-31(32)20-30)38-26-39(43-25-34-12-6-7-13-42(34)48-43)46-44(45-38)35-18-19-40-36(23-35)37-22-28-10-4-5-11-29(28)24-41(37)47-40/h1-26H. The van der Waals surface area contributed by atoms with Crippen molar-refractivity contribution in [1.82, 2.24) is 9.97 Å². The highest BCUT2D eigenvalue weighted by molar-refractivity contribution is 7.22. The molecule has 0 N–H and O–H groups in total. The van der Waals surface area contributed by atoms with E-state index < -0.39 is 0 Å². The van der Waals surface area contributed by atoms with Gasteiger partial charge in [-0.15, -0.1) is 11.3 Å². The summed E-state index contributed by atoms with van der Waals surface area (Å²) in [7, 11) is 0. The first kappa shape index (κ1) is 27.1. The molecule has 0 radical (unpaired) electrons. The first-order valence-corrected chi connectivity index (χ1v) is 16.9. The Morgan fingerprint density at radius 1 is 0.396 bits per heavy atom. The van der Waals surface area contributed by atoms with Crippen molar-refractivity contribution in [3.05, 3.63) is 158 Å². The first-order chi connectivity index (χ1) is 23.7. The van der Waals surface area contributed by atoms with Crippen LogP contribution in [0.2, 0.25) is 0 Å². The van der Waals surface area contributed by atoms with Gasteiger partial charge in [-0.1, -0.05) is 97.1 Å². The Kier molecular flexibility index (Phi) is 6.05. The molecule has 3 heterocycles. The van der Waals surface area contributed by atoms with Crippen LogP contribution in [-0.4, -0.2) is 9.97 Å². The Morgan fingerprint density at radius 2 is 1.04 bits per heavy atom. The monoisotopic (exact) mass is 630 g/mol. The molecule has 0 fully saturated rings. The van der Waals surface area contributed by atoms with Crippen molar-refractivity contribution >= 4 is 64.9 Å². The Morgan fingerprint density at radius 3 is 1.88 bits per heavy atom. The van der Waals surface area contributed by atoms with E-state index in [4.69, 9.17) is 14.4 Å². The molecule has 0 unspecified atom stereocenters. The molecule has 0 amide bonds. The summed E-state index contributed by atoms with van der Waals surface area (Å²) in [4.78, 5) is 11.5.